The highest BCUT2D eigenvalue weighted by atomic mass is 16.6. The number of hydrogen-bond acceptors (Lipinski definition) is 8. The van der Waals surface area contributed by atoms with Crippen molar-refractivity contribution in [3.8, 4) is 0 Å². The molecule has 0 aromatic rings. The molecule has 0 unspecified atom stereocenters. The summed E-state index contributed by atoms with van der Waals surface area (Å²) in [6, 6.07) is 0. The molecule has 0 aromatic heterocycles. The molecule has 0 atom stereocenters. The van der Waals surface area contributed by atoms with Gasteiger partial charge in [-0.3, -0.25) is 0 Å². The van der Waals surface area contributed by atoms with Crippen molar-refractivity contribution in [3.63, 3.8) is 0 Å². The lowest BCUT2D eigenvalue weighted by Crippen LogP contribution is -2.18. The van der Waals surface area contributed by atoms with Crippen LogP contribution in [0.5, 0.6) is 0 Å². The second-order valence-corrected chi connectivity index (χ2v) is 5.69. The Morgan fingerprint density at radius 1 is 0.423 bits per heavy atom. The van der Waals surface area contributed by atoms with Crippen molar-refractivity contribution in [1.82, 2.24) is 0 Å². The fraction of sp³-hybridized carbons (Fsp3) is 1.00. The van der Waals surface area contributed by atoms with Crippen LogP contribution in [0.25, 0.3) is 0 Å². The molecule has 0 fully saturated rings. The van der Waals surface area contributed by atoms with Crippen molar-refractivity contribution in [2.24, 2.45) is 5.92 Å². The average Bonchev–Trinajstić information content (AvgIpc) is 2.64. The summed E-state index contributed by atoms with van der Waals surface area (Å²) in [5.74, 6) is 0.338. The van der Waals surface area contributed by atoms with E-state index in [1.54, 1.807) is 14.2 Å². The Morgan fingerprint density at radius 2 is 0.692 bits per heavy atom. The van der Waals surface area contributed by atoms with E-state index in [2.05, 4.69) is 6.92 Å². The number of ether oxygens (including phenoxy) is 8. The second kappa shape index (κ2) is 22.7. The van der Waals surface area contributed by atoms with Crippen LogP contribution < -0.4 is 0 Å². The topological polar surface area (TPSA) is 73.8 Å². The Bertz CT molecular complexity index is 231. The van der Waals surface area contributed by atoms with Crippen LogP contribution in [-0.2, 0) is 37.9 Å². The van der Waals surface area contributed by atoms with Crippen LogP contribution in [0, 0.1) is 5.92 Å². The predicted octanol–water partition coefficient (Wildman–Crippen LogP) is 1.01. The summed E-state index contributed by atoms with van der Waals surface area (Å²) in [6.07, 6.45) is 0. The predicted molar refractivity (Wildman–Crippen MR) is 97.8 cm³/mol. The summed E-state index contributed by atoms with van der Waals surface area (Å²) in [7, 11) is 3.30. The van der Waals surface area contributed by atoms with Gasteiger partial charge in [-0.15, -0.1) is 0 Å². The highest BCUT2D eigenvalue weighted by Crippen LogP contribution is 1.97. The third-order valence-corrected chi connectivity index (χ3v) is 3.16. The molecule has 8 heteroatoms. The number of rotatable bonds is 22. The maximum absolute atomic E-state index is 5.56. The molecule has 0 radical (unpaired) electrons. The normalized spacial score (nSPS) is 11.5. The zero-order valence-electron chi connectivity index (χ0n) is 16.7. The van der Waals surface area contributed by atoms with Gasteiger partial charge in [0.15, 0.2) is 0 Å². The summed E-state index contributed by atoms with van der Waals surface area (Å²) in [5, 5.41) is 0. The molecule has 0 aliphatic heterocycles. The highest BCUT2D eigenvalue weighted by Gasteiger charge is 2.02. The van der Waals surface area contributed by atoms with E-state index in [1.165, 1.54) is 0 Å². The first-order valence-electron chi connectivity index (χ1n) is 9.25. The van der Waals surface area contributed by atoms with Crippen molar-refractivity contribution in [1.29, 1.82) is 0 Å². The molecule has 0 spiro atoms. The van der Waals surface area contributed by atoms with E-state index in [0.29, 0.717) is 98.4 Å². The summed E-state index contributed by atoms with van der Waals surface area (Å²) in [5.41, 5.74) is 0. The van der Waals surface area contributed by atoms with Crippen LogP contribution in [0.4, 0.5) is 0 Å². The first kappa shape index (κ1) is 25.7. The Morgan fingerprint density at radius 3 is 1.00 bits per heavy atom. The quantitative estimate of drug-likeness (QED) is 0.257. The third-order valence-electron chi connectivity index (χ3n) is 3.16. The summed E-state index contributed by atoms with van der Waals surface area (Å²) >= 11 is 0. The SMILES string of the molecule is COCCOCCOCCOCC(C)COCCOCCOCCOC. The van der Waals surface area contributed by atoms with Crippen LogP contribution in [0.1, 0.15) is 6.92 Å². The zero-order valence-corrected chi connectivity index (χ0v) is 16.7. The van der Waals surface area contributed by atoms with Crippen molar-refractivity contribution >= 4 is 0 Å². The molecule has 0 aliphatic rings. The average molecular weight is 382 g/mol. The molecule has 0 heterocycles. The first-order chi connectivity index (χ1) is 12.8. The van der Waals surface area contributed by atoms with Gasteiger partial charge in [-0.2, -0.15) is 0 Å². The minimum Gasteiger partial charge on any atom is -0.382 e. The van der Waals surface area contributed by atoms with Gasteiger partial charge in [0, 0.05) is 20.1 Å². The standard InChI is InChI=1S/C18H38O8/c1-18(16-25-14-12-23-10-8-21-6-4-19-2)17-26-15-13-24-11-9-22-7-5-20-3/h18H,4-17H2,1-3H3. The molecule has 0 bridgehead atoms. The van der Waals surface area contributed by atoms with E-state index < -0.39 is 0 Å². The molecule has 0 amide bonds. The zero-order chi connectivity index (χ0) is 19.1. The molecule has 158 valence electrons. The minimum atomic E-state index is 0.338. The maximum Gasteiger partial charge on any atom is 0.0701 e. The molecule has 0 aromatic carbocycles. The lowest BCUT2D eigenvalue weighted by molar-refractivity contribution is -0.0186. The first-order valence-corrected chi connectivity index (χ1v) is 9.25. The van der Waals surface area contributed by atoms with Crippen molar-refractivity contribution < 1.29 is 37.9 Å². The molecule has 0 N–H and O–H groups in total. The molecule has 0 saturated heterocycles. The van der Waals surface area contributed by atoms with Gasteiger partial charge in [0.25, 0.3) is 0 Å². The molecule has 26 heavy (non-hydrogen) atoms. The molecule has 0 saturated carbocycles. The number of hydrogen-bond donors (Lipinski definition) is 0. The monoisotopic (exact) mass is 382 g/mol. The van der Waals surface area contributed by atoms with Gasteiger partial charge in [-0.1, -0.05) is 6.92 Å². The molecule has 0 rings (SSSR count). The Labute approximate surface area is 158 Å². The van der Waals surface area contributed by atoms with E-state index in [1.807, 2.05) is 0 Å². The van der Waals surface area contributed by atoms with Crippen molar-refractivity contribution in [3.05, 3.63) is 0 Å². The molecule has 8 nitrogen and oxygen atoms in total. The lowest BCUT2D eigenvalue weighted by Gasteiger charge is -2.13. The lowest BCUT2D eigenvalue weighted by atomic mass is 10.2. The fourth-order valence-electron chi connectivity index (χ4n) is 1.78. The van der Waals surface area contributed by atoms with Gasteiger partial charge in [0.05, 0.1) is 92.5 Å². The van der Waals surface area contributed by atoms with E-state index in [9.17, 15) is 0 Å². The van der Waals surface area contributed by atoms with Gasteiger partial charge in [0.1, 0.15) is 0 Å². The van der Waals surface area contributed by atoms with Crippen LogP contribution in [0.15, 0.2) is 0 Å². The van der Waals surface area contributed by atoms with E-state index in [0.717, 1.165) is 0 Å². The van der Waals surface area contributed by atoms with E-state index in [-0.39, 0.29) is 0 Å². The minimum absolute atomic E-state index is 0.338. The Hall–Kier alpha value is -0.320. The van der Waals surface area contributed by atoms with Gasteiger partial charge in [-0.05, 0) is 0 Å². The van der Waals surface area contributed by atoms with E-state index >= 15 is 0 Å². The maximum atomic E-state index is 5.56. The fourth-order valence-corrected chi connectivity index (χ4v) is 1.78. The largest absolute Gasteiger partial charge is 0.382 e. The number of methoxy groups -OCH3 is 2. The van der Waals surface area contributed by atoms with Crippen LogP contribution in [-0.4, -0.2) is 107 Å². The van der Waals surface area contributed by atoms with Crippen LogP contribution >= 0.6 is 0 Å². The van der Waals surface area contributed by atoms with Crippen LogP contribution in [0.3, 0.4) is 0 Å². The summed E-state index contributed by atoms with van der Waals surface area (Å²) < 4.78 is 42.3. The Balaban J connectivity index is 3.12. The van der Waals surface area contributed by atoms with Crippen molar-refractivity contribution in [2.75, 3.05) is 107 Å². The van der Waals surface area contributed by atoms with Gasteiger partial charge in [0.2, 0.25) is 0 Å². The summed E-state index contributed by atoms with van der Waals surface area (Å²) in [4.78, 5) is 0. The Kier molecular flexibility index (Phi) is 22.4. The van der Waals surface area contributed by atoms with Gasteiger partial charge in [-0.25, -0.2) is 0 Å². The molecule has 0 aliphatic carbocycles. The highest BCUT2D eigenvalue weighted by molar-refractivity contribution is 4.49. The molecular weight excluding hydrogens is 344 g/mol. The van der Waals surface area contributed by atoms with Crippen molar-refractivity contribution in [2.45, 2.75) is 6.92 Å². The third kappa shape index (κ3) is 21.7. The second-order valence-electron chi connectivity index (χ2n) is 5.69. The van der Waals surface area contributed by atoms with Crippen LogP contribution in [0.2, 0.25) is 0 Å². The van der Waals surface area contributed by atoms with E-state index in [4.69, 9.17) is 37.9 Å². The van der Waals surface area contributed by atoms with Gasteiger partial charge >= 0.3 is 0 Å². The molecular formula is C18H38O8. The smallest absolute Gasteiger partial charge is 0.0701 e. The summed E-state index contributed by atoms with van der Waals surface area (Å²) in [6.45, 7) is 10.4. The van der Waals surface area contributed by atoms with Gasteiger partial charge < -0.3 is 37.9 Å².